The van der Waals surface area contributed by atoms with E-state index in [9.17, 15) is 20.2 Å². The normalized spacial score (nSPS) is 11.6. The molecule has 2 aromatic heterocycles. The Hall–Kier alpha value is -4.46. The zero-order valence-electron chi connectivity index (χ0n) is 29.5. The van der Waals surface area contributed by atoms with Crippen LogP contribution in [0.25, 0.3) is 11.3 Å². The Morgan fingerprint density at radius 3 is 2.04 bits per heavy atom. The molecule has 2 heterocycles. The van der Waals surface area contributed by atoms with E-state index in [2.05, 4.69) is 16.4 Å². The van der Waals surface area contributed by atoms with Crippen molar-refractivity contribution in [2.45, 2.75) is 130 Å². The number of carbonyl (C=O) groups is 1. The minimum absolute atomic E-state index is 0.0251. The zero-order valence-corrected chi connectivity index (χ0v) is 29.5. The van der Waals surface area contributed by atoms with Gasteiger partial charge in [-0.3, -0.25) is 14.9 Å². The number of nitro groups is 1. The molecule has 0 fully saturated rings. The van der Waals surface area contributed by atoms with Crippen LogP contribution >= 0.6 is 0 Å². The summed E-state index contributed by atoms with van der Waals surface area (Å²) in [6, 6.07) is 11.9. The number of hydrogen-bond donors (Lipinski definition) is 1. The predicted molar refractivity (Wildman–Crippen MR) is 188 cm³/mol. The molecule has 11 nitrogen and oxygen atoms in total. The number of nitrogens with zero attached hydrogens (tertiary/aromatic N) is 5. The van der Waals surface area contributed by atoms with E-state index in [1.165, 1.54) is 57.1 Å². The molecule has 0 saturated carbocycles. The molecule has 0 aliphatic heterocycles. The smallest absolute Gasteiger partial charge is 0.306 e. The number of rotatable bonds is 19. The van der Waals surface area contributed by atoms with Crippen molar-refractivity contribution >= 4 is 23.2 Å². The maximum atomic E-state index is 11.8. The second-order valence-electron chi connectivity index (χ2n) is 14.2. The first-order valence-corrected chi connectivity index (χ1v) is 17.1. The highest BCUT2D eigenvalue weighted by Crippen LogP contribution is 2.35. The van der Waals surface area contributed by atoms with Crippen LogP contribution in [-0.4, -0.2) is 37.9 Å². The maximum Gasteiger partial charge on any atom is 0.306 e. The summed E-state index contributed by atoms with van der Waals surface area (Å²) in [6.45, 7) is 12.3. The standard InChI is InChI=1S/C37H52N6O5/c1-36(2,3)42-35(31(27-38)34(41-42)28-19-21-30(22-20-28)43(45)46)40-29-23-24-39-32(26-29)47-25-17-15-13-11-9-7-8-10-12-14-16-18-33(44)48-37(4,5)6/h19-24,26H,7-18,25H2,1-6H3,(H,39,40). The molecule has 3 aromatic rings. The van der Waals surface area contributed by atoms with E-state index in [4.69, 9.17) is 14.6 Å². The lowest BCUT2D eigenvalue weighted by Gasteiger charge is -2.23. The first kappa shape index (κ1) is 38.0. The van der Waals surface area contributed by atoms with Gasteiger partial charge >= 0.3 is 5.97 Å². The SMILES string of the molecule is CC(C)(C)OC(=O)CCCCCCCCCCCCCOc1cc(Nc2c(C#N)c(-c3ccc([N+](=O)[O-])cc3)nn2C(C)(C)C)ccn1. The largest absolute Gasteiger partial charge is 0.478 e. The number of hydrogen-bond acceptors (Lipinski definition) is 9. The summed E-state index contributed by atoms with van der Waals surface area (Å²) in [5.41, 5.74) is 1.23. The minimum Gasteiger partial charge on any atom is -0.478 e. The van der Waals surface area contributed by atoms with Crippen LogP contribution in [0, 0.1) is 21.4 Å². The number of aromatic nitrogens is 3. The van der Waals surface area contributed by atoms with Crippen LogP contribution in [-0.2, 0) is 15.1 Å². The number of ether oxygens (including phenoxy) is 2. The molecule has 260 valence electrons. The highest BCUT2D eigenvalue weighted by Gasteiger charge is 2.26. The lowest BCUT2D eigenvalue weighted by Crippen LogP contribution is -2.24. The molecule has 11 heteroatoms. The Balaban J connectivity index is 1.40. The lowest BCUT2D eigenvalue weighted by atomic mass is 10.1. The molecule has 3 rings (SSSR count). The molecule has 0 bridgehead atoms. The predicted octanol–water partition coefficient (Wildman–Crippen LogP) is 9.63. The van der Waals surface area contributed by atoms with Gasteiger partial charge in [-0.15, -0.1) is 0 Å². The van der Waals surface area contributed by atoms with Crippen molar-refractivity contribution in [3.05, 3.63) is 58.3 Å². The zero-order chi connectivity index (χ0) is 35.2. The number of nitriles is 1. The number of pyridine rings is 1. The molecule has 0 atom stereocenters. The fraction of sp³-hybridized carbons (Fsp3) is 0.568. The average Bonchev–Trinajstić information content (AvgIpc) is 3.39. The molecule has 0 radical (unpaired) electrons. The van der Waals surface area contributed by atoms with Crippen molar-refractivity contribution in [3.8, 4) is 23.2 Å². The van der Waals surface area contributed by atoms with Gasteiger partial charge in [-0.25, -0.2) is 9.67 Å². The van der Waals surface area contributed by atoms with Crippen molar-refractivity contribution in [1.82, 2.24) is 14.8 Å². The van der Waals surface area contributed by atoms with E-state index >= 15 is 0 Å². The Bertz CT molecular complexity index is 1510. The molecule has 0 saturated heterocycles. The number of esters is 1. The van der Waals surface area contributed by atoms with Crippen LogP contribution in [0.2, 0.25) is 0 Å². The van der Waals surface area contributed by atoms with Gasteiger partial charge in [-0.1, -0.05) is 57.8 Å². The second-order valence-corrected chi connectivity index (χ2v) is 14.2. The van der Waals surface area contributed by atoms with Crippen LogP contribution < -0.4 is 10.1 Å². The molecule has 0 spiro atoms. The molecule has 1 N–H and O–H groups in total. The van der Waals surface area contributed by atoms with Crippen LogP contribution in [0.5, 0.6) is 5.88 Å². The monoisotopic (exact) mass is 660 g/mol. The van der Waals surface area contributed by atoms with Crippen molar-refractivity contribution in [2.24, 2.45) is 0 Å². The summed E-state index contributed by atoms with van der Waals surface area (Å²) < 4.78 is 13.1. The van der Waals surface area contributed by atoms with E-state index in [-0.39, 0.29) is 11.7 Å². The van der Waals surface area contributed by atoms with Gasteiger partial charge in [-0.05, 0) is 72.6 Å². The first-order valence-electron chi connectivity index (χ1n) is 17.1. The number of nitro benzene ring substituents is 1. The quantitative estimate of drug-likeness (QED) is 0.0575. The number of non-ortho nitro benzene ring substituents is 1. The van der Waals surface area contributed by atoms with Crippen molar-refractivity contribution in [2.75, 3.05) is 11.9 Å². The fourth-order valence-electron chi connectivity index (χ4n) is 5.30. The van der Waals surface area contributed by atoms with Gasteiger partial charge in [0.05, 0.1) is 17.1 Å². The van der Waals surface area contributed by atoms with E-state index in [1.807, 2.05) is 53.7 Å². The van der Waals surface area contributed by atoms with Gasteiger partial charge in [0.1, 0.15) is 28.7 Å². The first-order chi connectivity index (χ1) is 22.8. The highest BCUT2D eigenvalue weighted by molar-refractivity contribution is 5.77. The van der Waals surface area contributed by atoms with Gasteiger partial charge in [-0.2, -0.15) is 10.4 Å². The molecule has 0 unspecified atom stereocenters. The van der Waals surface area contributed by atoms with Gasteiger partial charge in [0, 0.05) is 42.1 Å². The number of anilines is 2. The molecular formula is C37H52N6O5. The van der Waals surface area contributed by atoms with E-state index in [0.29, 0.717) is 47.2 Å². The number of nitrogens with one attached hydrogen (secondary N) is 1. The molecule has 0 aliphatic carbocycles. The summed E-state index contributed by atoms with van der Waals surface area (Å²) in [6.07, 6.45) is 14.8. The summed E-state index contributed by atoms with van der Waals surface area (Å²) in [5.74, 6) is 0.930. The van der Waals surface area contributed by atoms with Gasteiger partial charge < -0.3 is 14.8 Å². The van der Waals surface area contributed by atoms with Gasteiger partial charge in [0.15, 0.2) is 0 Å². The summed E-state index contributed by atoms with van der Waals surface area (Å²) >= 11 is 0. The maximum absolute atomic E-state index is 11.8. The number of benzene rings is 1. The topological polar surface area (TPSA) is 145 Å². The molecule has 1 aromatic carbocycles. The van der Waals surface area contributed by atoms with E-state index < -0.39 is 16.1 Å². The van der Waals surface area contributed by atoms with Crippen LogP contribution in [0.4, 0.5) is 17.2 Å². The third kappa shape index (κ3) is 12.6. The molecule has 48 heavy (non-hydrogen) atoms. The van der Waals surface area contributed by atoms with Crippen LogP contribution in [0.3, 0.4) is 0 Å². The summed E-state index contributed by atoms with van der Waals surface area (Å²) in [7, 11) is 0. The second kappa shape index (κ2) is 18.2. The van der Waals surface area contributed by atoms with Crippen LogP contribution in [0.1, 0.15) is 124 Å². The third-order valence-electron chi connectivity index (χ3n) is 7.68. The average molecular weight is 661 g/mol. The summed E-state index contributed by atoms with van der Waals surface area (Å²) in [5, 5.41) is 29.4. The molecule has 0 aliphatic rings. The van der Waals surface area contributed by atoms with Gasteiger partial charge in [0.2, 0.25) is 5.88 Å². The molecule has 0 amide bonds. The van der Waals surface area contributed by atoms with E-state index in [0.717, 1.165) is 25.7 Å². The van der Waals surface area contributed by atoms with Crippen molar-refractivity contribution in [3.63, 3.8) is 0 Å². The van der Waals surface area contributed by atoms with Crippen LogP contribution in [0.15, 0.2) is 42.6 Å². The van der Waals surface area contributed by atoms with Crippen molar-refractivity contribution in [1.29, 1.82) is 5.26 Å². The Kier molecular flexibility index (Phi) is 14.4. The highest BCUT2D eigenvalue weighted by atomic mass is 16.6. The molecular weight excluding hydrogens is 608 g/mol. The summed E-state index contributed by atoms with van der Waals surface area (Å²) in [4.78, 5) is 26.8. The fourth-order valence-corrected chi connectivity index (χ4v) is 5.30. The third-order valence-corrected chi connectivity index (χ3v) is 7.68. The number of unbranched alkanes of at least 4 members (excludes halogenated alkanes) is 10. The van der Waals surface area contributed by atoms with Gasteiger partial charge in [0.25, 0.3) is 5.69 Å². The lowest BCUT2D eigenvalue weighted by molar-refractivity contribution is -0.384. The Morgan fingerprint density at radius 2 is 1.50 bits per heavy atom. The Morgan fingerprint density at radius 1 is 0.917 bits per heavy atom. The number of carbonyl (C=O) groups excluding carboxylic acids is 1. The van der Waals surface area contributed by atoms with E-state index in [1.54, 1.807) is 23.0 Å². The van der Waals surface area contributed by atoms with Crippen molar-refractivity contribution < 1.29 is 19.2 Å². The Labute approximate surface area is 285 Å². The minimum atomic E-state index is -0.455.